The summed E-state index contributed by atoms with van der Waals surface area (Å²) in [5.41, 5.74) is 0.632. The molecule has 0 aliphatic carbocycles. The quantitative estimate of drug-likeness (QED) is 0.659. The highest BCUT2D eigenvalue weighted by molar-refractivity contribution is 9.10. The first kappa shape index (κ1) is 15.0. The van der Waals surface area contributed by atoms with Crippen LogP contribution in [-0.2, 0) is 0 Å². The number of nitrogens with zero attached hydrogens (tertiary/aromatic N) is 1. The number of ether oxygens (including phenoxy) is 1. The first-order valence-electron chi connectivity index (χ1n) is 5.84. The second kappa shape index (κ2) is 5.92. The predicted molar refractivity (Wildman–Crippen MR) is 79.0 cm³/mol. The van der Waals surface area contributed by atoms with E-state index < -0.39 is 10.9 Å². The number of hydrogen-bond acceptors (Lipinski definition) is 4. The summed E-state index contributed by atoms with van der Waals surface area (Å²) in [5, 5.41) is 19.6. The minimum Gasteiger partial charge on any atom is -0.478 e. The molecule has 2 rings (SSSR count). The van der Waals surface area contributed by atoms with Crippen LogP contribution in [0.1, 0.15) is 15.9 Å². The van der Waals surface area contributed by atoms with E-state index in [-0.39, 0.29) is 11.3 Å². The van der Waals surface area contributed by atoms with Gasteiger partial charge in [-0.3, -0.25) is 10.1 Å². The number of aryl methyl sites for hydroxylation is 1. The molecule has 7 heteroatoms. The Morgan fingerprint density at radius 3 is 2.52 bits per heavy atom. The maximum absolute atomic E-state index is 10.8. The van der Waals surface area contributed by atoms with Crippen LogP contribution >= 0.6 is 15.9 Å². The highest BCUT2D eigenvalue weighted by Crippen LogP contribution is 2.32. The van der Waals surface area contributed by atoms with Crippen LogP contribution in [0.15, 0.2) is 40.9 Å². The van der Waals surface area contributed by atoms with E-state index in [0.717, 1.165) is 0 Å². The molecule has 0 atom stereocenters. The van der Waals surface area contributed by atoms with Gasteiger partial charge in [-0.2, -0.15) is 0 Å². The van der Waals surface area contributed by atoms with Crippen molar-refractivity contribution in [3.8, 4) is 11.5 Å². The lowest BCUT2D eigenvalue weighted by Crippen LogP contribution is -1.97. The van der Waals surface area contributed by atoms with Crippen molar-refractivity contribution in [2.45, 2.75) is 6.92 Å². The Balaban J connectivity index is 2.28. The molecule has 0 fully saturated rings. The van der Waals surface area contributed by atoms with E-state index in [1.807, 2.05) is 0 Å². The van der Waals surface area contributed by atoms with Crippen molar-refractivity contribution in [3.63, 3.8) is 0 Å². The second-order valence-corrected chi connectivity index (χ2v) is 5.11. The van der Waals surface area contributed by atoms with Crippen LogP contribution in [0.4, 0.5) is 5.69 Å². The van der Waals surface area contributed by atoms with Gasteiger partial charge >= 0.3 is 5.97 Å². The largest absolute Gasteiger partial charge is 0.478 e. The van der Waals surface area contributed by atoms with Gasteiger partial charge in [-0.15, -0.1) is 0 Å². The van der Waals surface area contributed by atoms with E-state index in [2.05, 4.69) is 15.9 Å². The van der Waals surface area contributed by atoms with E-state index in [1.54, 1.807) is 13.0 Å². The fraction of sp³-hybridized carbons (Fsp3) is 0.0714. The Bertz CT molecular complexity index is 729. The fourth-order valence-corrected chi connectivity index (χ4v) is 2.20. The smallest absolute Gasteiger partial charge is 0.335 e. The average Bonchev–Trinajstić information content (AvgIpc) is 2.40. The molecule has 0 bridgehead atoms. The van der Waals surface area contributed by atoms with Gasteiger partial charge in [0, 0.05) is 11.6 Å². The number of carbonyl (C=O) groups is 1. The first-order chi connectivity index (χ1) is 9.88. The molecule has 0 aliphatic heterocycles. The molecule has 2 aromatic rings. The van der Waals surface area contributed by atoms with Crippen LogP contribution in [0.3, 0.4) is 0 Å². The van der Waals surface area contributed by atoms with Crippen LogP contribution < -0.4 is 4.74 Å². The van der Waals surface area contributed by atoms with Crippen LogP contribution in [0.2, 0.25) is 0 Å². The molecule has 108 valence electrons. The average molecular weight is 352 g/mol. The van der Waals surface area contributed by atoms with Crippen molar-refractivity contribution in [2.24, 2.45) is 0 Å². The molecule has 0 radical (unpaired) electrons. The van der Waals surface area contributed by atoms with Crippen LogP contribution in [0.5, 0.6) is 11.5 Å². The lowest BCUT2D eigenvalue weighted by Gasteiger charge is -2.09. The van der Waals surface area contributed by atoms with E-state index in [1.165, 1.54) is 30.3 Å². The van der Waals surface area contributed by atoms with Crippen molar-refractivity contribution >= 4 is 27.6 Å². The van der Waals surface area contributed by atoms with Gasteiger partial charge in [0.1, 0.15) is 11.5 Å². The molecule has 0 amide bonds. The summed E-state index contributed by atoms with van der Waals surface area (Å²) < 4.78 is 6.08. The Labute approximate surface area is 128 Å². The maximum Gasteiger partial charge on any atom is 0.335 e. The number of halogens is 1. The van der Waals surface area contributed by atoms with Crippen molar-refractivity contribution in [3.05, 3.63) is 62.1 Å². The Hall–Kier alpha value is -2.41. The third-order valence-electron chi connectivity index (χ3n) is 2.77. The summed E-state index contributed by atoms with van der Waals surface area (Å²) in [5.74, 6) is -0.177. The summed E-state index contributed by atoms with van der Waals surface area (Å²) >= 11 is 3.23. The molecular formula is C14H10BrNO5. The number of carboxylic acid groups (broad SMARTS) is 1. The van der Waals surface area contributed by atoms with E-state index in [9.17, 15) is 14.9 Å². The van der Waals surface area contributed by atoms with Gasteiger partial charge in [0.15, 0.2) is 0 Å². The number of rotatable bonds is 4. The molecule has 0 saturated carbocycles. The molecule has 0 heterocycles. The topological polar surface area (TPSA) is 89.7 Å². The SMILES string of the molecule is Cc1cc(Oc2ccc(C(=O)O)cc2Br)ccc1[N+](=O)[O-]. The molecular weight excluding hydrogens is 342 g/mol. The highest BCUT2D eigenvalue weighted by atomic mass is 79.9. The number of benzene rings is 2. The molecule has 6 nitrogen and oxygen atoms in total. The summed E-state index contributed by atoms with van der Waals surface area (Å²) in [6.45, 7) is 1.62. The van der Waals surface area contributed by atoms with Gasteiger partial charge < -0.3 is 9.84 Å². The maximum atomic E-state index is 10.8. The molecule has 0 saturated heterocycles. The van der Waals surface area contributed by atoms with E-state index >= 15 is 0 Å². The van der Waals surface area contributed by atoms with Gasteiger partial charge in [-0.05, 0) is 53.2 Å². The van der Waals surface area contributed by atoms with Gasteiger partial charge in [-0.1, -0.05) is 0 Å². The standard InChI is InChI=1S/C14H10BrNO5/c1-8-6-10(3-4-12(8)16(19)20)21-13-5-2-9(14(17)18)7-11(13)15/h2-7H,1H3,(H,17,18). The normalized spacial score (nSPS) is 10.2. The molecule has 0 aliphatic rings. The van der Waals surface area contributed by atoms with Crippen molar-refractivity contribution in [1.82, 2.24) is 0 Å². The Kier molecular flexibility index (Phi) is 4.23. The van der Waals surface area contributed by atoms with Crippen LogP contribution in [0.25, 0.3) is 0 Å². The van der Waals surface area contributed by atoms with Gasteiger partial charge in [0.2, 0.25) is 0 Å². The number of nitro groups is 1. The summed E-state index contributed by atoms with van der Waals surface area (Å²) in [6, 6.07) is 8.77. The van der Waals surface area contributed by atoms with Crippen LogP contribution in [-0.4, -0.2) is 16.0 Å². The summed E-state index contributed by atoms with van der Waals surface area (Å²) in [7, 11) is 0. The van der Waals surface area contributed by atoms with E-state index in [0.29, 0.717) is 21.5 Å². The minimum atomic E-state index is -1.03. The zero-order valence-corrected chi connectivity index (χ0v) is 12.5. The zero-order valence-electron chi connectivity index (χ0n) is 10.9. The molecule has 0 aromatic heterocycles. The summed E-state index contributed by atoms with van der Waals surface area (Å²) in [6.07, 6.45) is 0. The molecule has 0 spiro atoms. The van der Waals surface area contributed by atoms with E-state index in [4.69, 9.17) is 9.84 Å². The minimum absolute atomic E-state index is 0.0163. The number of nitro benzene ring substituents is 1. The lowest BCUT2D eigenvalue weighted by molar-refractivity contribution is -0.385. The first-order valence-corrected chi connectivity index (χ1v) is 6.63. The summed E-state index contributed by atoms with van der Waals surface area (Å²) in [4.78, 5) is 21.1. The highest BCUT2D eigenvalue weighted by Gasteiger charge is 2.12. The van der Waals surface area contributed by atoms with Gasteiger partial charge in [0.05, 0.1) is 15.0 Å². The third kappa shape index (κ3) is 3.38. The number of carboxylic acids is 1. The Morgan fingerprint density at radius 2 is 2.00 bits per heavy atom. The molecule has 2 aromatic carbocycles. The Morgan fingerprint density at radius 1 is 1.29 bits per heavy atom. The molecule has 1 N–H and O–H groups in total. The second-order valence-electron chi connectivity index (χ2n) is 4.26. The van der Waals surface area contributed by atoms with Crippen molar-refractivity contribution < 1.29 is 19.6 Å². The van der Waals surface area contributed by atoms with Gasteiger partial charge in [0.25, 0.3) is 5.69 Å². The predicted octanol–water partition coefficient (Wildman–Crippen LogP) is 4.16. The third-order valence-corrected chi connectivity index (χ3v) is 3.39. The number of hydrogen-bond donors (Lipinski definition) is 1. The van der Waals surface area contributed by atoms with Gasteiger partial charge in [-0.25, -0.2) is 4.79 Å². The van der Waals surface area contributed by atoms with Crippen molar-refractivity contribution in [2.75, 3.05) is 0 Å². The lowest BCUT2D eigenvalue weighted by atomic mass is 10.2. The number of aromatic carboxylic acids is 1. The monoisotopic (exact) mass is 351 g/mol. The fourth-order valence-electron chi connectivity index (χ4n) is 1.74. The molecule has 21 heavy (non-hydrogen) atoms. The van der Waals surface area contributed by atoms with Crippen LogP contribution in [0, 0.1) is 17.0 Å². The van der Waals surface area contributed by atoms with Crippen molar-refractivity contribution in [1.29, 1.82) is 0 Å². The molecule has 0 unspecified atom stereocenters. The zero-order chi connectivity index (χ0) is 15.6.